The molecule has 5 heterocycles. The SMILES string of the molecule is Cn1cncc1C(=O)N1CCC2(CC1)O[C@H](C(=O)N1CCOCC1)Cn1ccnc12. The number of hydrogen-bond acceptors (Lipinski definition) is 6. The number of amides is 2. The van der Waals surface area contributed by atoms with Crippen molar-refractivity contribution in [1.29, 1.82) is 0 Å². The van der Waals surface area contributed by atoms with E-state index in [1.54, 1.807) is 23.3 Å². The van der Waals surface area contributed by atoms with Crippen molar-refractivity contribution < 1.29 is 19.1 Å². The smallest absolute Gasteiger partial charge is 0.272 e. The molecule has 3 aliphatic rings. The molecule has 0 bridgehead atoms. The van der Waals surface area contributed by atoms with Gasteiger partial charge in [0.2, 0.25) is 0 Å². The average molecular weight is 414 g/mol. The summed E-state index contributed by atoms with van der Waals surface area (Å²) in [6, 6.07) is 0. The Bertz CT molecular complexity index is 939. The molecule has 0 aliphatic carbocycles. The molecule has 3 aliphatic heterocycles. The highest BCUT2D eigenvalue weighted by atomic mass is 16.5. The maximum absolute atomic E-state index is 13.1. The lowest BCUT2D eigenvalue weighted by Crippen LogP contribution is -2.56. The van der Waals surface area contributed by atoms with Gasteiger partial charge in [0.25, 0.3) is 11.8 Å². The first-order chi connectivity index (χ1) is 14.6. The lowest BCUT2D eigenvalue weighted by Gasteiger charge is -2.46. The number of carbonyl (C=O) groups is 2. The van der Waals surface area contributed by atoms with Crippen LogP contribution >= 0.6 is 0 Å². The summed E-state index contributed by atoms with van der Waals surface area (Å²) in [5.41, 5.74) is -0.0881. The zero-order chi connectivity index (χ0) is 20.7. The summed E-state index contributed by atoms with van der Waals surface area (Å²) in [7, 11) is 1.81. The lowest BCUT2D eigenvalue weighted by molar-refractivity contribution is -0.182. The highest BCUT2D eigenvalue weighted by molar-refractivity contribution is 5.92. The molecule has 10 heteroatoms. The van der Waals surface area contributed by atoms with Gasteiger partial charge in [-0.2, -0.15) is 0 Å². The largest absolute Gasteiger partial charge is 0.378 e. The van der Waals surface area contributed by atoms with E-state index >= 15 is 0 Å². The predicted molar refractivity (Wildman–Crippen MR) is 105 cm³/mol. The fourth-order valence-corrected chi connectivity index (χ4v) is 4.65. The van der Waals surface area contributed by atoms with Crippen molar-refractivity contribution in [2.75, 3.05) is 39.4 Å². The maximum Gasteiger partial charge on any atom is 0.272 e. The Morgan fingerprint density at radius 2 is 1.90 bits per heavy atom. The van der Waals surface area contributed by atoms with Crippen molar-refractivity contribution in [2.24, 2.45) is 7.05 Å². The van der Waals surface area contributed by atoms with Crippen LogP contribution in [0.4, 0.5) is 0 Å². The van der Waals surface area contributed by atoms with Gasteiger partial charge >= 0.3 is 0 Å². The third kappa shape index (κ3) is 3.20. The van der Waals surface area contributed by atoms with Crippen molar-refractivity contribution in [3.63, 3.8) is 0 Å². The van der Waals surface area contributed by atoms with E-state index in [-0.39, 0.29) is 11.8 Å². The molecular weight excluding hydrogens is 388 g/mol. The number of imidazole rings is 2. The fraction of sp³-hybridized carbons (Fsp3) is 0.600. The second-order valence-corrected chi connectivity index (χ2v) is 8.12. The van der Waals surface area contributed by atoms with Gasteiger partial charge in [0.1, 0.15) is 17.1 Å². The van der Waals surface area contributed by atoms with E-state index < -0.39 is 11.7 Å². The van der Waals surface area contributed by atoms with Crippen LogP contribution in [0.25, 0.3) is 0 Å². The van der Waals surface area contributed by atoms with E-state index in [0.717, 1.165) is 5.82 Å². The topological polar surface area (TPSA) is 94.7 Å². The average Bonchev–Trinajstić information content (AvgIpc) is 3.43. The quantitative estimate of drug-likeness (QED) is 0.687. The van der Waals surface area contributed by atoms with E-state index in [1.165, 1.54) is 0 Å². The minimum atomic E-state index is -0.655. The molecule has 0 saturated carbocycles. The first-order valence-electron chi connectivity index (χ1n) is 10.4. The number of nitrogens with zero attached hydrogens (tertiary/aromatic N) is 6. The second kappa shape index (κ2) is 7.51. The lowest BCUT2D eigenvalue weighted by atomic mass is 9.88. The van der Waals surface area contributed by atoms with Crippen LogP contribution in [-0.4, -0.2) is 86.2 Å². The van der Waals surface area contributed by atoms with Gasteiger partial charge in [0.15, 0.2) is 6.10 Å². The summed E-state index contributed by atoms with van der Waals surface area (Å²) in [4.78, 5) is 38.2. The molecule has 0 radical (unpaired) electrons. The summed E-state index contributed by atoms with van der Waals surface area (Å²) in [5.74, 6) is 0.816. The van der Waals surface area contributed by atoms with Gasteiger partial charge in [-0.3, -0.25) is 9.59 Å². The van der Waals surface area contributed by atoms with E-state index in [9.17, 15) is 9.59 Å². The molecule has 0 aromatic carbocycles. The monoisotopic (exact) mass is 414 g/mol. The van der Waals surface area contributed by atoms with Crippen molar-refractivity contribution in [2.45, 2.75) is 31.1 Å². The molecule has 2 aromatic rings. The molecule has 10 nitrogen and oxygen atoms in total. The number of rotatable bonds is 2. The van der Waals surface area contributed by atoms with Gasteiger partial charge in [0, 0.05) is 58.5 Å². The van der Waals surface area contributed by atoms with Crippen molar-refractivity contribution >= 4 is 11.8 Å². The molecule has 0 unspecified atom stereocenters. The van der Waals surface area contributed by atoms with Crippen molar-refractivity contribution in [1.82, 2.24) is 28.9 Å². The summed E-state index contributed by atoms with van der Waals surface area (Å²) in [5, 5.41) is 0. The van der Waals surface area contributed by atoms with Gasteiger partial charge in [-0.25, -0.2) is 9.97 Å². The van der Waals surface area contributed by atoms with Crippen LogP contribution in [-0.2, 0) is 33.5 Å². The number of morpholine rings is 1. The summed E-state index contributed by atoms with van der Waals surface area (Å²) < 4.78 is 15.6. The molecular formula is C20H26N6O4. The van der Waals surface area contributed by atoms with Crippen LogP contribution in [0.15, 0.2) is 24.9 Å². The van der Waals surface area contributed by atoms with E-state index in [0.29, 0.717) is 64.5 Å². The Morgan fingerprint density at radius 1 is 1.13 bits per heavy atom. The second-order valence-electron chi connectivity index (χ2n) is 8.12. The molecule has 160 valence electrons. The molecule has 1 atom stereocenters. The molecule has 2 aromatic heterocycles. The third-order valence-corrected chi connectivity index (χ3v) is 6.35. The number of likely N-dealkylation sites (tertiary alicyclic amines) is 1. The van der Waals surface area contributed by atoms with E-state index in [2.05, 4.69) is 9.97 Å². The van der Waals surface area contributed by atoms with Gasteiger partial charge < -0.3 is 28.4 Å². The third-order valence-electron chi connectivity index (χ3n) is 6.35. The highest BCUT2D eigenvalue weighted by Crippen LogP contribution is 2.40. The van der Waals surface area contributed by atoms with Crippen LogP contribution in [0.1, 0.15) is 29.2 Å². The van der Waals surface area contributed by atoms with Crippen molar-refractivity contribution in [3.8, 4) is 0 Å². The molecule has 1 spiro atoms. The number of fused-ring (bicyclic) bond motifs is 2. The van der Waals surface area contributed by atoms with Crippen LogP contribution < -0.4 is 0 Å². The van der Waals surface area contributed by atoms with Crippen LogP contribution in [0.5, 0.6) is 0 Å². The number of piperidine rings is 1. The molecule has 2 fully saturated rings. The number of aromatic nitrogens is 4. The summed E-state index contributed by atoms with van der Waals surface area (Å²) >= 11 is 0. The van der Waals surface area contributed by atoms with Gasteiger partial charge in [0.05, 0.1) is 32.3 Å². The fourth-order valence-electron chi connectivity index (χ4n) is 4.65. The normalized spacial score (nSPS) is 23.4. The molecule has 0 N–H and O–H groups in total. The Hall–Kier alpha value is -2.72. The molecule has 2 saturated heterocycles. The molecule has 5 rings (SSSR count). The van der Waals surface area contributed by atoms with Gasteiger partial charge in [-0.05, 0) is 0 Å². The first kappa shape index (κ1) is 19.3. The van der Waals surface area contributed by atoms with Gasteiger partial charge in [-0.15, -0.1) is 0 Å². The maximum atomic E-state index is 13.1. The van der Waals surface area contributed by atoms with Crippen LogP contribution in [0, 0.1) is 0 Å². The standard InChI is InChI=1S/C20H26N6O4/c1-23-14-21-12-15(23)17(27)24-5-2-20(3-6-24)19-22-4-7-26(19)13-16(30-20)18(28)25-8-10-29-11-9-25/h4,7,12,14,16H,2-3,5-6,8-11,13H2,1H3/t16-/m0/s1. The number of aryl methyl sites for hydroxylation is 1. The number of ether oxygens (including phenoxy) is 2. The van der Waals surface area contributed by atoms with Crippen molar-refractivity contribution in [3.05, 3.63) is 36.4 Å². The first-order valence-corrected chi connectivity index (χ1v) is 10.4. The Labute approximate surface area is 174 Å². The van der Waals surface area contributed by atoms with Crippen LogP contribution in [0.2, 0.25) is 0 Å². The summed E-state index contributed by atoms with van der Waals surface area (Å²) in [6.45, 7) is 3.84. The minimum absolute atomic E-state index is 0.00501. The predicted octanol–water partition coefficient (Wildman–Crippen LogP) is 0.00570. The number of hydrogen-bond donors (Lipinski definition) is 0. The number of carbonyl (C=O) groups excluding carboxylic acids is 2. The Morgan fingerprint density at radius 3 is 2.60 bits per heavy atom. The van der Waals surface area contributed by atoms with E-state index in [1.807, 2.05) is 27.6 Å². The van der Waals surface area contributed by atoms with Crippen LogP contribution in [0.3, 0.4) is 0 Å². The zero-order valence-electron chi connectivity index (χ0n) is 17.1. The zero-order valence-corrected chi connectivity index (χ0v) is 17.1. The summed E-state index contributed by atoms with van der Waals surface area (Å²) in [6.07, 6.45) is 7.53. The molecule has 2 amide bonds. The Kier molecular flexibility index (Phi) is 4.82. The highest BCUT2D eigenvalue weighted by Gasteiger charge is 2.48. The Balaban J connectivity index is 1.34. The van der Waals surface area contributed by atoms with E-state index in [4.69, 9.17) is 9.47 Å². The molecule has 30 heavy (non-hydrogen) atoms. The minimum Gasteiger partial charge on any atom is -0.378 e. The van der Waals surface area contributed by atoms with Gasteiger partial charge in [-0.1, -0.05) is 0 Å².